The molecule has 0 atom stereocenters. The molecule has 3 rings (SSSR count). The summed E-state index contributed by atoms with van der Waals surface area (Å²) in [7, 11) is 0. The Morgan fingerprint density at radius 1 is 0.889 bits per heavy atom. The molecule has 0 bridgehead atoms. The van der Waals surface area contributed by atoms with Gasteiger partial charge in [-0.25, -0.2) is 4.79 Å². The number of nitrogens with one attached hydrogen (secondary N) is 1. The molecule has 2 amide bonds. The van der Waals surface area contributed by atoms with Crippen LogP contribution in [0, 0.1) is 0 Å². The van der Waals surface area contributed by atoms with Crippen LogP contribution in [0.5, 0.6) is 0 Å². The monoisotopic (exact) mass is 356 g/mol. The first-order valence-electron chi connectivity index (χ1n) is 9.20. The quantitative estimate of drug-likeness (QED) is 0.577. The van der Waals surface area contributed by atoms with Gasteiger partial charge in [0.05, 0.1) is 0 Å². The van der Waals surface area contributed by atoms with Crippen LogP contribution in [0.4, 0.5) is 16.2 Å². The van der Waals surface area contributed by atoms with Crippen molar-refractivity contribution in [3.05, 3.63) is 102 Å². The van der Waals surface area contributed by atoms with Crippen molar-refractivity contribution in [2.45, 2.75) is 13.3 Å². The molecule has 0 aliphatic rings. The maximum atomic E-state index is 12.9. The fourth-order valence-corrected chi connectivity index (χ4v) is 2.79. The van der Waals surface area contributed by atoms with Gasteiger partial charge in [-0.05, 0) is 41.8 Å². The Balaban J connectivity index is 1.78. The van der Waals surface area contributed by atoms with Crippen molar-refractivity contribution < 1.29 is 4.79 Å². The molecule has 0 heterocycles. The minimum Gasteiger partial charge on any atom is -0.308 e. The molecule has 0 aliphatic carbocycles. The maximum absolute atomic E-state index is 12.9. The number of nitrogens with zero attached hydrogens (tertiary/aromatic N) is 1. The summed E-state index contributed by atoms with van der Waals surface area (Å²) in [6.07, 6.45) is 5.02. The molecule has 3 aromatic carbocycles. The highest BCUT2D eigenvalue weighted by Crippen LogP contribution is 2.18. The first-order valence-corrected chi connectivity index (χ1v) is 9.20. The van der Waals surface area contributed by atoms with Crippen molar-refractivity contribution in [3.8, 4) is 0 Å². The van der Waals surface area contributed by atoms with Crippen LogP contribution in [0.25, 0.3) is 6.08 Å². The fourth-order valence-electron chi connectivity index (χ4n) is 2.79. The summed E-state index contributed by atoms with van der Waals surface area (Å²) >= 11 is 0. The maximum Gasteiger partial charge on any atom is 0.326 e. The van der Waals surface area contributed by atoms with Crippen LogP contribution < -0.4 is 10.2 Å². The zero-order chi connectivity index (χ0) is 18.9. The second-order valence-corrected chi connectivity index (χ2v) is 6.24. The summed E-state index contributed by atoms with van der Waals surface area (Å²) in [5, 5.41) is 2.97. The van der Waals surface area contributed by atoms with Gasteiger partial charge in [-0.15, -0.1) is 0 Å². The molecule has 0 saturated heterocycles. The van der Waals surface area contributed by atoms with Crippen LogP contribution in [0.3, 0.4) is 0 Å². The Morgan fingerprint density at radius 2 is 1.52 bits per heavy atom. The molecule has 3 nitrogen and oxygen atoms in total. The number of hydrogen-bond acceptors (Lipinski definition) is 1. The first kappa shape index (κ1) is 18.5. The summed E-state index contributed by atoms with van der Waals surface area (Å²) in [5.41, 5.74) is 4.02. The van der Waals surface area contributed by atoms with Crippen LogP contribution in [-0.4, -0.2) is 12.6 Å². The third-order valence-corrected chi connectivity index (χ3v) is 4.32. The molecule has 0 aromatic heterocycles. The summed E-state index contributed by atoms with van der Waals surface area (Å²) < 4.78 is 0. The topological polar surface area (TPSA) is 32.3 Å². The normalized spacial score (nSPS) is 10.7. The van der Waals surface area contributed by atoms with Gasteiger partial charge in [0.1, 0.15) is 0 Å². The Hall–Kier alpha value is -3.33. The average Bonchev–Trinajstić information content (AvgIpc) is 2.73. The van der Waals surface area contributed by atoms with Gasteiger partial charge in [-0.1, -0.05) is 79.7 Å². The highest BCUT2D eigenvalue weighted by atomic mass is 16.2. The Morgan fingerprint density at radius 3 is 2.15 bits per heavy atom. The molecule has 0 unspecified atom stereocenters. The third kappa shape index (κ3) is 5.32. The van der Waals surface area contributed by atoms with Gasteiger partial charge in [0, 0.05) is 17.9 Å². The average molecular weight is 356 g/mol. The van der Waals surface area contributed by atoms with E-state index in [0.717, 1.165) is 23.4 Å². The number of aryl methyl sites for hydroxylation is 1. The number of hydrogen-bond donors (Lipinski definition) is 1. The minimum absolute atomic E-state index is 0.150. The molecule has 1 N–H and O–H groups in total. The first-order chi connectivity index (χ1) is 13.3. The van der Waals surface area contributed by atoms with Crippen LogP contribution in [-0.2, 0) is 6.42 Å². The molecule has 3 aromatic rings. The number of carbonyl (C=O) groups is 1. The third-order valence-electron chi connectivity index (χ3n) is 4.32. The molecular weight excluding hydrogens is 332 g/mol. The zero-order valence-corrected chi connectivity index (χ0v) is 15.5. The van der Waals surface area contributed by atoms with Crippen molar-refractivity contribution in [2.75, 3.05) is 16.8 Å². The van der Waals surface area contributed by atoms with E-state index in [-0.39, 0.29) is 6.03 Å². The highest BCUT2D eigenvalue weighted by Gasteiger charge is 2.14. The molecule has 136 valence electrons. The molecule has 0 saturated carbocycles. The van der Waals surface area contributed by atoms with Crippen LogP contribution in [0.1, 0.15) is 18.1 Å². The van der Waals surface area contributed by atoms with Crippen molar-refractivity contribution in [1.82, 2.24) is 0 Å². The van der Waals surface area contributed by atoms with Gasteiger partial charge in [0.25, 0.3) is 0 Å². The number of urea groups is 1. The van der Waals surface area contributed by atoms with Crippen LogP contribution in [0.15, 0.2) is 91.0 Å². The second kappa shape index (κ2) is 9.39. The summed E-state index contributed by atoms with van der Waals surface area (Å²) in [5.74, 6) is 0. The molecule has 0 aliphatic heterocycles. The van der Waals surface area contributed by atoms with E-state index in [4.69, 9.17) is 0 Å². The van der Waals surface area contributed by atoms with Crippen LogP contribution >= 0.6 is 0 Å². The van der Waals surface area contributed by atoms with E-state index in [1.807, 2.05) is 84.9 Å². The van der Waals surface area contributed by atoms with Gasteiger partial charge < -0.3 is 5.32 Å². The highest BCUT2D eigenvalue weighted by molar-refractivity contribution is 6.02. The Kier molecular flexibility index (Phi) is 6.42. The number of amides is 2. The zero-order valence-electron chi connectivity index (χ0n) is 15.5. The van der Waals surface area contributed by atoms with E-state index in [9.17, 15) is 4.79 Å². The Bertz CT molecular complexity index is 871. The predicted molar refractivity (Wildman–Crippen MR) is 114 cm³/mol. The largest absolute Gasteiger partial charge is 0.326 e. The molecule has 3 heteroatoms. The molecule has 0 spiro atoms. The van der Waals surface area contributed by atoms with Gasteiger partial charge >= 0.3 is 6.03 Å². The Labute approximate surface area is 161 Å². The number of para-hydroxylation sites is 1. The molecule has 27 heavy (non-hydrogen) atoms. The van der Waals surface area contributed by atoms with Crippen molar-refractivity contribution in [3.63, 3.8) is 0 Å². The second-order valence-electron chi connectivity index (χ2n) is 6.24. The lowest BCUT2D eigenvalue weighted by molar-refractivity contribution is 0.257. The van der Waals surface area contributed by atoms with E-state index in [0.29, 0.717) is 6.54 Å². The van der Waals surface area contributed by atoms with E-state index in [2.05, 4.69) is 24.4 Å². The van der Waals surface area contributed by atoms with Gasteiger partial charge in [-0.3, -0.25) is 4.90 Å². The lowest BCUT2D eigenvalue weighted by Crippen LogP contribution is -2.35. The molecule has 0 fully saturated rings. The molecule has 0 radical (unpaired) electrons. The number of benzene rings is 3. The number of rotatable bonds is 6. The summed E-state index contributed by atoms with van der Waals surface area (Å²) in [6.45, 7) is 2.61. The SMILES string of the molecule is CCc1ccc(N(C/C=C/c2ccccc2)C(=O)Nc2ccccc2)cc1. The molecular formula is C24H24N2O. The van der Waals surface area contributed by atoms with E-state index >= 15 is 0 Å². The van der Waals surface area contributed by atoms with Crippen LogP contribution in [0.2, 0.25) is 0 Å². The predicted octanol–water partition coefficient (Wildman–Crippen LogP) is 6.00. The fraction of sp³-hybridized carbons (Fsp3) is 0.125. The smallest absolute Gasteiger partial charge is 0.308 e. The standard InChI is InChI=1S/C24H24N2O/c1-2-20-15-17-23(18-16-20)26(19-9-12-21-10-5-3-6-11-21)24(27)25-22-13-7-4-8-14-22/h3-18H,2,19H2,1H3,(H,25,27)/b12-9+. The summed E-state index contributed by atoms with van der Waals surface area (Å²) in [4.78, 5) is 14.6. The van der Waals surface area contributed by atoms with Gasteiger partial charge in [0.15, 0.2) is 0 Å². The van der Waals surface area contributed by atoms with Gasteiger partial charge in [0.2, 0.25) is 0 Å². The number of anilines is 2. The van der Waals surface area contributed by atoms with E-state index in [1.165, 1.54) is 5.56 Å². The minimum atomic E-state index is -0.150. The number of carbonyl (C=O) groups excluding carboxylic acids is 1. The lowest BCUT2D eigenvalue weighted by atomic mass is 10.1. The van der Waals surface area contributed by atoms with Gasteiger partial charge in [-0.2, -0.15) is 0 Å². The van der Waals surface area contributed by atoms with E-state index in [1.54, 1.807) is 4.90 Å². The van der Waals surface area contributed by atoms with E-state index < -0.39 is 0 Å². The van der Waals surface area contributed by atoms with Crippen molar-refractivity contribution >= 4 is 23.5 Å². The van der Waals surface area contributed by atoms with Crippen molar-refractivity contribution in [1.29, 1.82) is 0 Å². The summed E-state index contributed by atoms with van der Waals surface area (Å²) in [6, 6.07) is 27.6. The lowest BCUT2D eigenvalue weighted by Gasteiger charge is -2.22. The van der Waals surface area contributed by atoms with Crippen molar-refractivity contribution in [2.24, 2.45) is 0 Å².